The summed E-state index contributed by atoms with van der Waals surface area (Å²) < 4.78 is 5.34. The highest BCUT2D eigenvalue weighted by Crippen LogP contribution is 2.23. The molecule has 0 aromatic heterocycles. The number of halogens is 1. The van der Waals surface area contributed by atoms with Crippen molar-refractivity contribution in [1.29, 1.82) is 0 Å². The second-order valence-electron chi connectivity index (χ2n) is 5.83. The molecule has 1 unspecified atom stereocenters. The Morgan fingerprint density at radius 3 is 2.29 bits per heavy atom. The molecule has 0 saturated heterocycles. The largest absolute Gasteiger partial charge is 0.496 e. The average Bonchev–Trinajstić information content (AvgIpc) is 2.80. The molecule has 0 bridgehead atoms. The first-order chi connectivity index (χ1) is 11.5. The van der Waals surface area contributed by atoms with Gasteiger partial charge in [0.05, 0.1) is 25.3 Å². The minimum Gasteiger partial charge on any atom is -0.496 e. The van der Waals surface area contributed by atoms with Gasteiger partial charge in [-0.3, -0.25) is 9.59 Å². The fraction of sp³-hybridized carbons (Fsp3) is 0.222. The standard InChI is InChI=1S/C18H17ClN2O3/c1-20(10-12-9-13(19)7-8-16(12)24-2)11-21-17(22)14-5-3-4-6-15(14)18(21)23/h3-9H,10-11H2,1-2H3/p+1. The monoisotopic (exact) mass is 345 g/mol. The fourth-order valence-corrected chi connectivity index (χ4v) is 3.11. The summed E-state index contributed by atoms with van der Waals surface area (Å²) in [6, 6.07) is 12.3. The van der Waals surface area contributed by atoms with E-state index in [0.717, 1.165) is 16.2 Å². The zero-order valence-corrected chi connectivity index (χ0v) is 14.3. The van der Waals surface area contributed by atoms with E-state index in [1.807, 2.05) is 19.2 Å². The molecule has 0 fully saturated rings. The number of benzene rings is 2. The van der Waals surface area contributed by atoms with Crippen LogP contribution in [-0.4, -0.2) is 37.5 Å². The highest BCUT2D eigenvalue weighted by Gasteiger charge is 2.36. The van der Waals surface area contributed by atoms with Crippen LogP contribution >= 0.6 is 11.6 Å². The lowest BCUT2D eigenvalue weighted by Gasteiger charge is -2.21. The van der Waals surface area contributed by atoms with Crippen LogP contribution in [0.15, 0.2) is 42.5 Å². The fourth-order valence-electron chi connectivity index (χ4n) is 2.92. The summed E-state index contributed by atoms with van der Waals surface area (Å²) >= 11 is 6.05. The number of quaternary nitrogens is 1. The van der Waals surface area contributed by atoms with Crippen molar-refractivity contribution in [3.63, 3.8) is 0 Å². The van der Waals surface area contributed by atoms with Crippen LogP contribution in [0.5, 0.6) is 5.75 Å². The first-order valence-electron chi connectivity index (χ1n) is 7.60. The van der Waals surface area contributed by atoms with Gasteiger partial charge in [-0.25, -0.2) is 4.90 Å². The van der Waals surface area contributed by atoms with Crippen LogP contribution in [0.2, 0.25) is 5.02 Å². The van der Waals surface area contributed by atoms with E-state index in [4.69, 9.17) is 16.3 Å². The number of ether oxygens (including phenoxy) is 1. The number of fused-ring (bicyclic) bond motifs is 1. The number of nitrogens with one attached hydrogen (secondary N) is 1. The predicted octanol–water partition coefficient (Wildman–Crippen LogP) is 1.62. The molecule has 24 heavy (non-hydrogen) atoms. The summed E-state index contributed by atoms with van der Waals surface area (Å²) in [5.41, 5.74) is 1.87. The maximum atomic E-state index is 12.4. The second kappa shape index (κ2) is 6.63. The molecule has 1 aliphatic rings. The zero-order valence-electron chi connectivity index (χ0n) is 13.5. The van der Waals surface area contributed by atoms with Gasteiger partial charge in [0.15, 0.2) is 6.67 Å². The normalized spacial score (nSPS) is 14.7. The number of rotatable bonds is 5. The van der Waals surface area contributed by atoms with Crippen LogP contribution in [0, 0.1) is 0 Å². The van der Waals surface area contributed by atoms with Gasteiger partial charge in [0.25, 0.3) is 11.8 Å². The number of hydrogen-bond acceptors (Lipinski definition) is 3. The topological polar surface area (TPSA) is 51.1 Å². The maximum absolute atomic E-state index is 12.4. The summed E-state index contributed by atoms with van der Waals surface area (Å²) in [5.74, 6) is 0.252. The van der Waals surface area contributed by atoms with Gasteiger partial charge in [-0.05, 0) is 30.3 Å². The summed E-state index contributed by atoms with van der Waals surface area (Å²) in [4.78, 5) is 27.1. The average molecular weight is 346 g/mol. The molecular weight excluding hydrogens is 328 g/mol. The Hall–Kier alpha value is -2.37. The van der Waals surface area contributed by atoms with Crippen molar-refractivity contribution in [2.45, 2.75) is 6.54 Å². The van der Waals surface area contributed by atoms with E-state index in [0.29, 0.717) is 22.7 Å². The number of carbonyl (C=O) groups is 2. The molecule has 0 spiro atoms. The molecule has 2 aromatic rings. The van der Waals surface area contributed by atoms with Gasteiger partial charge in [-0.1, -0.05) is 23.7 Å². The van der Waals surface area contributed by atoms with E-state index in [1.54, 1.807) is 37.4 Å². The third kappa shape index (κ3) is 3.00. The van der Waals surface area contributed by atoms with E-state index in [1.165, 1.54) is 4.90 Å². The third-order valence-electron chi connectivity index (χ3n) is 4.04. The Morgan fingerprint density at radius 2 is 1.71 bits per heavy atom. The number of hydrogen-bond donors (Lipinski definition) is 1. The Balaban J connectivity index is 1.75. The minimum absolute atomic E-state index is 0.243. The smallest absolute Gasteiger partial charge is 0.265 e. The molecule has 1 aliphatic heterocycles. The summed E-state index contributed by atoms with van der Waals surface area (Å²) in [7, 11) is 3.52. The zero-order chi connectivity index (χ0) is 17.3. The van der Waals surface area contributed by atoms with Gasteiger partial charge < -0.3 is 9.64 Å². The van der Waals surface area contributed by atoms with Crippen LogP contribution in [-0.2, 0) is 6.54 Å². The van der Waals surface area contributed by atoms with Crippen molar-refractivity contribution < 1.29 is 19.2 Å². The molecule has 2 aromatic carbocycles. The summed E-state index contributed by atoms with van der Waals surface area (Å²) in [6.45, 7) is 0.860. The first-order valence-corrected chi connectivity index (χ1v) is 7.98. The number of amides is 2. The lowest BCUT2D eigenvalue weighted by Crippen LogP contribution is -3.09. The third-order valence-corrected chi connectivity index (χ3v) is 4.28. The molecule has 6 heteroatoms. The number of methoxy groups -OCH3 is 1. The molecule has 0 saturated carbocycles. The Bertz CT molecular complexity index is 772. The predicted molar refractivity (Wildman–Crippen MR) is 90.4 cm³/mol. The lowest BCUT2D eigenvalue weighted by atomic mass is 10.1. The Kier molecular flexibility index (Phi) is 4.55. The molecule has 1 N–H and O–H groups in total. The van der Waals surface area contributed by atoms with E-state index in [9.17, 15) is 9.59 Å². The van der Waals surface area contributed by atoms with Crippen LogP contribution in [0.4, 0.5) is 0 Å². The van der Waals surface area contributed by atoms with Crippen molar-refractivity contribution in [3.05, 3.63) is 64.2 Å². The summed E-state index contributed by atoms with van der Waals surface area (Å²) in [6.07, 6.45) is 0. The van der Waals surface area contributed by atoms with E-state index < -0.39 is 0 Å². The van der Waals surface area contributed by atoms with Crippen LogP contribution < -0.4 is 9.64 Å². The second-order valence-corrected chi connectivity index (χ2v) is 6.27. The SMILES string of the molecule is COc1ccc(Cl)cc1C[NH+](C)CN1C(=O)c2ccccc2C1=O. The first kappa shape index (κ1) is 16.5. The van der Waals surface area contributed by atoms with Gasteiger partial charge in [-0.15, -0.1) is 0 Å². The van der Waals surface area contributed by atoms with Crippen molar-refractivity contribution >= 4 is 23.4 Å². The van der Waals surface area contributed by atoms with Crippen molar-refractivity contribution in [2.75, 3.05) is 20.8 Å². The highest BCUT2D eigenvalue weighted by atomic mass is 35.5. The van der Waals surface area contributed by atoms with Gasteiger partial charge in [-0.2, -0.15) is 0 Å². The minimum atomic E-state index is -0.243. The Morgan fingerprint density at radius 1 is 1.08 bits per heavy atom. The van der Waals surface area contributed by atoms with Gasteiger partial charge in [0.2, 0.25) is 0 Å². The van der Waals surface area contributed by atoms with Crippen LogP contribution in [0.3, 0.4) is 0 Å². The maximum Gasteiger partial charge on any atom is 0.265 e. The molecule has 5 nitrogen and oxygen atoms in total. The molecular formula is C18H18ClN2O3+. The Labute approximate surface area is 145 Å². The molecule has 3 rings (SSSR count). The van der Waals surface area contributed by atoms with Crippen molar-refractivity contribution in [2.24, 2.45) is 0 Å². The van der Waals surface area contributed by atoms with Crippen molar-refractivity contribution in [1.82, 2.24) is 4.90 Å². The molecule has 0 radical (unpaired) electrons. The molecule has 1 atom stereocenters. The molecule has 2 amide bonds. The van der Waals surface area contributed by atoms with Crippen molar-refractivity contribution in [3.8, 4) is 5.75 Å². The van der Waals surface area contributed by atoms with Crippen LogP contribution in [0.25, 0.3) is 0 Å². The van der Waals surface area contributed by atoms with E-state index >= 15 is 0 Å². The van der Waals surface area contributed by atoms with Gasteiger partial charge in [0.1, 0.15) is 12.3 Å². The highest BCUT2D eigenvalue weighted by molar-refractivity contribution is 6.30. The van der Waals surface area contributed by atoms with Crippen LogP contribution in [0.1, 0.15) is 26.3 Å². The molecule has 124 valence electrons. The molecule has 0 aliphatic carbocycles. The van der Waals surface area contributed by atoms with E-state index in [2.05, 4.69) is 0 Å². The number of carbonyl (C=O) groups excluding carboxylic acids is 2. The van der Waals surface area contributed by atoms with Gasteiger partial charge in [0, 0.05) is 10.6 Å². The number of imide groups is 1. The lowest BCUT2D eigenvalue weighted by molar-refractivity contribution is -0.901. The quantitative estimate of drug-likeness (QED) is 0.838. The number of nitrogens with zero attached hydrogens (tertiary/aromatic N) is 1. The molecule has 1 heterocycles. The van der Waals surface area contributed by atoms with E-state index in [-0.39, 0.29) is 18.5 Å². The summed E-state index contributed by atoms with van der Waals surface area (Å²) in [5, 5.41) is 0.624. The van der Waals surface area contributed by atoms with Gasteiger partial charge >= 0.3 is 0 Å².